The Morgan fingerprint density at radius 3 is 2.81 bits per heavy atom. The van der Waals surface area contributed by atoms with Gasteiger partial charge in [-0.1, -0.05) is 24.3 Å². The summed E-state index contributed by atoms with van der Waals surface area (Å²) >= 11 is 1.78. The first-order chi connectivity index (χ1) is 15.2. The molecule has 0 N–H and O–H groups in total. The van der Waals surface area contributed by atoms with Crippen LogP contribution in [0.15, 0.2) is 53.3 Å². The molecule has 0 bridgehead atoms. The highest BCUT2D eigenvalue weighted by Gasteiger charge is 2.30. The van der Waals surface area contributed by atoms with E-state index in [0.29, 0.717) is 24.3 Å². The van der Waals surface area contributed by atoms with Gasteiger partial charge in [-0.3, -0.25) is 18.7 Å². The Balaban J connectivity index is 1.44. The third-order valence-electron chi connectivity index (χ3n) is 6.19. The van der Waals surface area contributed by atoms with E-state index >= 15 is 0 Å². The average Bonchev–Trinajstić information content (AvgIpc) is 3.52. The van der Waals surface area contributed by atoms with Crippen LogP contribution in [-0.4, -0.2) is 35.6 Å². The fourth-order valence-electron chi connectivity index (χ4n) is 4.71. The molecule has 1 unspecified atom stereocenters. The summed E-state index contributed by atoms with van der Waals surface area (Å²) in [5.41, 5.74) is 1.92. The Hall–Kier alpha value is -3.10. The number of hydrogen-bond acceptors (Lipinski definition) is 6. The van der Waals surface area contributed by atoms with E-state index in [1.807, 2.05) is 41.7 Å². The van der Waals surface area contributed by atoms with Gasteiger partial charge in [0.2, 0.25) is 5.78 Å². The minimum atomic E-state index is -0.0157. The number of aryl methyl sites for hydroxylation is 1. The van der Waals surface area contributed by atoms with Crippen LogP contribution in [0.2, 0.25) is 0 Å². The number of aromatic nitrogens is 5. The van der Waals surface area contributed by atoms with Crippen LogP contribution in [0, 0.1) is 0 Å². The van der Waals surface area contributed by atoms with Crippen molar-refractivity contribution in [1.29, 1.82) is 0 Å². The van der Waals surface area contributed by atoms with Crippen molar-refractivity contribution in [2.24, 2.45) is 0 Å². The molecule has 5 aromatic rings. The first kappa shape index (κ1) is 18.7. The van der Waals surface area contributed by atoms with E-state index in [-0.39, 0.29) is 11.6 Å². The smallest absolute Gasteiger partial charge is 0.262 e. The maximum Gasteiger partial charge on any atom is 0.262 e. The normalized spacial score (nSPS) is 17.4. The molecule has 2 aromatic carbocycles. The standard InChI is InChI=1S/C23H22N6OS/c1-2-28-22(30)15-8-3-5-10-17(15)29-20(25-26-23(28)29)14-27-13-7-11-18(27)21-24-16-9-4-6-12-19(16)31-21/h3-6,8-10,12,18H,2,7,11,13-14H2,1H3. The second kappa shape index (κ2) is 7.25. The number of para-hydroxylation sites is 2. The first-order valence-electron chi connectivity index (χ1n) is 10.7. The molecular formula is C23H22N6OS. The number of fused-ring (bicyclic) bond motifs is 4. The average molecular weight is 431 g/mol. The quantitative estimate of drug-likeness (QED) is 0.431. The lowest BCUT2D eigenvalue weighted by Crippen LogP contribution is -2.25. The van der Waals surface area contributed by atoms with Crippen LogP contribution < -0.4 is 5.56 Å². The van der Waals surface area contributed by atoms with E-state index in [1.54, 1.807) is 15.9 Å². The molecular weight excluding hydrogens is 408 g/mol. The largest absolute Gasteiger partial charge is 0.286 e. The molecule has 0 saturated carbocycles. The molecule has 1 atom stereocenters. The van der Waals surface area contributed by atoms with Crippen LogP contribution in [0.25, 0.3) is 26.9 Å². The second-order valence-corrected chi connectivity index (χ2v) is 9.03. The summed E-state index contributed by atoms with van der Waals surface area (Å²) in [6.07, 6.45) is 2.23. The number of hydrogen-bond donors (Lipinski definition) is 0. The summed E-state index contributed by atoms with van der Waals surface area (Å²) in [7, 11) is 0. The van der Waals surface area contributed by atoms with E-state index in [4.69, 9.17) is 4.98 Å². The van der Waals surface area contributed by atoms with Gasteiger partial charge in [-0.15, -0.1) is 21.5 Å². The summed E-state index contributed by atoms with van der Waals surface area (Å²) in [6.45, 7) is 4.20. The van der Waals surface area contributed by atoms with Gasteiger partial charge >= 0.3 is 0 Å². The molecule has 156 valence electrons. The van der Waals surface area contributed by atoms with E-state index in [9.17, 15) is 4.79 Å². The van der Waals surface area contributed by atoms with Gasteiger partial charge < -0.3 is 0 Å². The number of likely N-dealkylation sites (tertiary alicyclic amines) is 1. The lowest BCUT2D eigenvalue weighted by atomic mass is 10.2. The van der Waals surface area contributed by atoms with Crippen molar-refractivity contribution in [3.05, 3.63) is 69.7 Å². The molecule has 31 heavy (non-hydrogen) atoms. The van der Waals surface area contributed by atoms with Crippen molar-refractivity contribution in [3.8, 4) is 0 Å². The Morgan fingerprint density at radius 2 is 1.94 bits per heavy atom. The van der Waals surface area contributed by atoms with Gasteiger partial charge in [-0.2, -0.15) is 0 Å². The molecule has 6 rings (SSSR count). The number of thiazole rings is 1. The van der Waals surface area contributed by atoms with Crippen molar-refractivity contribution in [2.45, 2.75) is 38.9 Å². The molecule has 7 nitrogen and oxygen atoms in total. The predicted octanol–water partition coefficient (Wildman–Crippen LogP) is 4.01. The summed E-state index contributed by atoms with van der Waals surface area (Å²) in [5, 5.41) is 10.8. The van der Waals surface area contributed by atoms with Gasteiger partial charge in [0, 0.05) is 6.54 Å². The predicted molar refractivity (Wildman–Crippen MR) is 122 cm³/mol. The second-order valence-electron chi connectivity index (χ2n) is 7.97. The molecule has 3 aromatic heterocycles. The minimum Gasteiger partial charge on any atom is -0.286 e. The highest BCUT2D eigenvalue weighted by atomic mass is 32.1. The first-order valence-corrected chi connectivity index (χ1v) is 11.5. The fraction of sp³-hybridized carbons (Fsp3) is 0.304. The maximum atomic E-state index is 12.9. The summed E-state index contributed by atoms with van der Waals surface area (Å²) in [4.78, 5) is 20.3. The monoisotopic (exact) mass is 430 g/mol. The summed E-state index contributed by atoms with van der Waals surface area (Å²) < 4.78 is 4.98. The zero-order valence-electron chi connectivity index (χ0n) is 17.2. The zero-order chi connectivity index (χ0) is 20.9. The van der Waals surface area contributed by atoms with Crippen molar-refractivity contribution in [3.63, 3.8) is 0 Å². The molecule has 0 aliphatic carbocycles. The Kier molecular flexibility index (Phi) is 4.36. The molecule has 0 amide bonds. The third-order valence-corrected chi connectivity index (χ3v) is 7.33. The highest BCUT2D eigenvalue weighted by molar-refractivity contribution is 7.18. The molecule has 1 aliphatic heterocycles. The topological polar surface area (TPSA) is 68.3 Å². The van der Waals surface area contributed by atoms with Crippen LogP contribution in [0.4, 0.5) is 0 Å². The van der Waals surface area contributed by atoms with Gasteiger partial charge in [0.1, 0.15) is 5.01 Å². The third kappa shape index (κ3) is 2.90. The van der Waals surface area contributed by atoms with Gasteiger partial charge in [0.15, 0.2) is 5.82 Å². The zero-order valence-corrected chi connectivity index (χ0v) is 18.0. The summed E-state index contributed by atoms with van der Waals surface area (Å²) in [6, 6.07) is 16.3. The Morgan fingerprint density at radius 1 is 1.10 bits per heavy atom. The SMILES string of the molecule is CCn1c(=O)c2ccccc2n2c(CN3CCCC3c3nc4ccccc4s3)nnc12. The number of rotatable bonds is 4. The molecule has 1 saturated heterocycles. The van der Waals surface area contributed by atoms with Gasteiger partial charge in [-0.05, 0) is 50.6 Å². The molecule has 1 fully saturated rings. The van der Waals surface area contributed by atoms with E-state index in [2.05, 4.69) is 33.3 Å². The molecule has 1 aliphatic rings. The minimum absolute atomic E-state index is 0.0157. The van der Waals surface area contributed by atoms with Crippen molar-refractivity contribution >= 4 is 38.2 Å². The lowest BCUT2D eigenvalue weighted by molar-refractivity contribution is 0.241. The van der Waals surface area contributed by atoms with E-state index in [1.165, 1.54) is 9.71 Å². The van der Waals surface area contributed by atoms with Gasteiger partial charge in [-0.25, -0.2) is 4.98 Å². The van der Waals surface area contributed by atoms with E-state index < -0.39 is 0 Å². The van der Waals surface area contributed by atoms with E-state index in [0.717, 1.165) is 36.2 Å². The highest BCUT2D eigenvalue weighted by Crippen LogP contribution is 2.37. The van der Waals surface area contributed by atoms with Crippen LogP contribution in [0.5, 0.6) is 0 Å². The molecule has 4 heterocycles. The van der Waals surface area contributed by atoms with Crippen LogP contribution >= 0.6 is 11.3 Å². The Bertz CT molecular complexity index is 1450. The van der Waals surface area contributed by atoms with Gasteiger partial charge in [0.25, 0.3) is 5.56 Å². The molecule has 0 spiro atoms. The van der Waals surface area contributed by atoms with Crippen molar-refractivity contribution < 1.29 is 0 Å². The fourth-order valence-corrected chi connectivity index (χ4v) is 5.85. The number of benzene rings is 2. The van der Waals surface area contributed by atoms with Crippen LogP contribution in [0.1, 0.15) is 36.6 Å². The number of nitrogens with zero attached hydrogens (tertiary/aromatic N) is 6. The maximum absolute atomic E-state index is 12.9. The lowest BCUT2D eigenvalue weighted by Gasteiger charge is -2.22. The van der Waals surface area contributed by atoms with Crippen molar-refractivity contribution in [2.75, 3.05) is 6.54 Å². The van der Waals surface area contributed by atoms with Crippen LogP contribution in [0.3, 0.4) is 0 Å². The van der Waals surface area contributed by atoms with Crippen LogP contribution in [-0.2, 0) is 13.1 Å². The Labute approximate surface area is 182 Å². The molecule has 0 radical (unpaired) electrons. The summed E-state index contributed by atoms with van der Waals surface area (Å²) in [5.74, 6) is 1.47. The van der Waals surface area contributed by atoms with Crippen molar-refractivity contribution in [1.82, 2.24) is 29.0 Å². The molecule has 8 heteroatoms. The van der Waals surface area contributed by atoms with Gasteiger partial charge in [0.05, 0.1) is 33.7 Å².